The van der Waals surface area contributed by atoms with Gasteiger partial charge in [0, 0.05) is 7.05 Å². The maximum absolute atomic E-state index is 12.2. The minimum atomic E-state index is -4.46. The van der Waals surface area contributed by atoms with Crippen LogP contribution in [0.5, 0.6) is 0 Å². The van der Waals surface area contributed by atoms with Crippen molar-refractivity contribution in [1.82, 2.24) is 5.01 Å². The molecule has 1 fully saturated rings. The molecule has 0 radical (unpaired) electrons. The summed E-state index contributed by atoms with van der Waals surface area (Å²) >= 11 is 0. The van der Waals surface area contributed by atoms with Gasteiger partial charge in [-0.1, -0.05) is 0 Å². The van der Waals surface area contributed by atoms with Gasteiger partial charge in [-0.3, -0.25) is 9.80 Å². The second-order valence-corrected chi connectivity index (χ2v) is 3.00. The second kappa shape index (κ2) is 2.35. The highest BCUT2D eigenvalue weighted by Gasteiger charge is 2.69. The van der Waals surface area contributed by atoms with Crippen LogP contribution < -0.4 is 5.84 Å². The van der Waals surface area contributed by atoms with Crippen LogP contribution in [0.3, 0.4) is 0 Å². The van der Waals surface area contributed by atoms with Crippen molar-refractivity contribution in [2.24, 2.45) is 11.3 Å². The van der Waals surface area contributed by atoms with E-state index in [0.717, 1.165) is 7.05 Å². The van der Waals surface area contributed by atoms with Crippen molar-refractivity contribution in [3.8, 4) is 0 Å². The molecule has 3 nitrogen and oxygen atoms in total. The fourth-order valence-electron chi connectivity index (χ4n) is 1.08. The minimum Gasteiger partial charge on any atom is -0.283 e. The lowest BCUT2D eigenvalue weighted by atomic mass is 10.1. The molecule has 1 aliphatic rings. The predicted molar refractivity (Wildman–Crippen MR) is 34.7 cm³/mol. The molecular weight excluding hydrogens is 173 g/mol. The van der Waals surface area contributed by atoms with Crippen molar-refractivity contribution >= 4 is 5.91 Å². The van der Waals surface area contributed by atoms with E-state index in [1.165, 1.54) is 0 Å². The molecule has 0 heterocycles. The summed E-state index contributed by atoms with van der Waals surface area (Å²) in [6.07, 6.45) is -4.74. The molecule has 0 aromatic rings. The van der Waals surface area contributed by atoms with Gasteiger partial charge in [-0.2, -0.15) is 13.2 Å². The average molecular weight is 182 g/mol. The van der Waals surface area contributed by atoms with Crippen LogP contribution in [0, 0.1) is 5.41 Å². The minimum absolute atomic E-state index is 0.142. The number of rotatable bonds is 1. The van der Waals surface area contributed by atoms with Crippen molar-refractivity contribution in [3.05, 3.63) is 0 Å². The number of halogens is 3. The Morgan fingerprint density at radius 2 is 1.92 bits per heavy atom. The van der Waals surface area contributed by atoms with Crippen LogP contribution in [0.4, 0.5) is 13.2 Å². The Hall–Kier alpha value is -0.780. The van der Waals surface area contributed by atoms with Crippen LogP contribution in [-0.2, 0) is 4.79 Å². The fraction of sp³-hybridized carbons (Fsp3) is 0.833. The van der Waals surface area contributed by atoms with Gasteiger partial charge in [-0.05, 0) is 12.8 Å². The highest BCUT2D eigenvalue weighted by molar-refractivity contribution is 5.85. The van der Waals surface area contributed by atoms with E-state index in [0.29, 0.717) is 5.01 Å². The molecule has 6 heteroatoms. The number of hydrazine groups is 1. The van der Waals surface area contributed by atoms with Gasteiger partial charge in [-0.25, -0.2) is 5.84 Å². The molecule has 12 heavy (non-hydrogen) atoms. The predicted octanol–water partition coefficient (Wildman–Crippen LogP) is 0.661. The van der Waals surface area contributed by atoms with E-state index in [4.69, 9.17) is 5.84 Å². The molecule has 0 aromatic heterocycles. The molecule has 1 amide bonds. The number of carbonyl (C=O) groups is 1. The first kappa shape index (κ1) is 9.31. The molecule has 1 saturated carbocycles. The number of nitrogens with two attached hydrogens (primary N) is 1. The number of hydrogen-bond acceptors (Lipinski definition) is 2. The summed E-state index contributed by atoms with van der Waals surface area (Å²) in [7, 11) is 1.12. The molecule has 0 atom stereocenters. The number of carbonyl (C=O) groups excluding carboxylic acids is 1. The Kier molecular flexibility index (Phi) is 1.82. The molecule has 0 aliphatic heterocycles. The van der Waals surface area contributed by atoms with Crippen LogP contribution in [-0.4, -0.2) is 24.1 Å². The Labute approximate surface area is 67.3 Å². The average Bonchev–Trinajstić information content (AvgIpc) is 2.62. The summed E-state index contributed by atoms with van der Waals surface area (Å²) in [4.78, 5) is 11.0. The molecule has 70 valence electrons. The largest absolute Gasteiger partial charge is 0.403 e. The van der Waals surface area contributed by atoms with Gasteiger partial charge in [0.25, 0.3) is 5.91 Å². The standard InChI is InChI=1S/C6H9F3N2O/c1-11(10)4(12)5(2-3-5)6(7,8)9/h2-3,10H2,1H3. The van der Waals surface area contributed by atoms with Crippen molar-refractivity contribution in [2.75, 3.05) is 7.05 Å². The van der Waals surface area contributed by atoms with Crippen molar-refractivity contribution < 1.29 is 18.0 Å². The quantitative estimate of drug-likeness (QED) is 0.368. The summed E-state index contributed by atoms with van der Waals surface area (Å²) in [6.45, 7) is 0. The van der Waals surface area contributed by atoms with E-state index in [1.54, 1.807) is 0 Å². The van der Waals surface area contributed by atoms with Gasteiger partial charge in [-0.15, -0.1) is 0 Å². The van der Waals surface area contributed by atoms with E-state index in [2.05, 4.69) is 0 Å². The van der Waals surface area contributed by atoms with Gasteiger partial charge in [0.1, 0.15) is 5.41 Å². The lowest BCUT2D eigenvalue weighted by Crippen LogP contribution is -2.45. The van der Waals surface area contributed by atoms with E-state index in [1.807, 2.05) is 0 Å². The van der Waals surface area contributed by atoms with Crippen LogP contribution >= 0.6 is 0 Å². The van der Waals surface area contributed by atoms with Gasteiger partial charge >= 0.3 is 6.18 Å². The molecule has 1 aliphatic carbocycles. The normalized spacial score (nSPS) is 20.4. The Morgan fingerprint density at radius 3 is 2.00 bits per heavy atom. The number of amides is 1. The van der Waals surface area contributed by atoms with E-state index < -0.39 is 17.5 Å². The fourth-order valence-corrected chi connectivity index (χ4v) is 1.08. The Bertz CT molecular complexity index is 207. The first-order valence-electron chi connectivity index (χ1n) is 3.41. The topological polar surface area (TPSA) is 46.3 Å². The highest BCUT2D eigenvalue weighted by Crippen LogP contribution is 2.58. The third kappa shape index (κ3) is 1.16. The highest BCUT2D eigenvalue weighted by atomic mass is 19.4. The monoisotopic (exact) mass is 182 g/mol. The number of nitrogens with zero attached hydrogens (tertiary/aromatic N) is 1. The van der Waals surface area contributed by atoms with Crippen molar-refractivity contribution in [2.45, 2.75) is 19.0 Å². The van der Waals surface area contributed by atoms with Crippen molar-refractivity contribution in [3.63, 3.8) is 0 Å². The summed E-state index contributed by atoms with van der Waals surface area (Å²) < 4.78 is 36.6. The second-order valence-electron chi connectivity index (χ2n) is 3.00. The zero-order valence-electron chi connectivity index (χ0n) is 6.48. The number of hydrogen-bond donors (Lipinski definition) is 1. The van der Waals surface area contributed by atoms with E-state index >= 15 is 0 Å². The Morgan fingerprint density at radius 1 is 1.50 bits per heavy atom. The van der Waals surface area contributed by atoms with Crippen LogP contribution in [0.25, 0.3) is 0 Å². The van der Waals surface area contributed by atoms with Gasteiger partial charge < -0.3 is 0 Å². The third-order valence-electron chi connectivity index (χ3n) is 2.02. The molecule has 1 rings (SSSR count). The van der Waals surface area contributed by atoms with Crippen LogP contribution in [0.15, 0.2) is 0 Å². The summed E-state index contributed by atoms with van der Waals surface area (Å²) in [5.74, 6) is 3.90. The van der Waals surface area contributed by atoms with Crippen LogP contribution in [0.1, 0.15) is 12.8 Å². The Balaban J connectivity index is 2.81. The SMILES string of the molecule is CN(N)C(=O)C1(C(F)(F)F)CC1. The number of alkyl halides is 3. The van der Waals surface area contributed by atoms with Crippen molar-refractivity contribution in [1.29, 1.82) is 0 Å². The van der Waals surface area contributed by atoms with Gasteiger partial charge in [0.05, 0.1) is 0 Å². The zero-order chi connectivity index (χ0) is 9.57. The molecule has 0 saturated heterocycles. The lowest BCUT2D eigenvalue weighted by Gasteiger charge is -2.21. The van der Waals surface area contributed by atoms with E-state index in [-0.39, 0.29) is 12.8 Å². The first-order valence-corrected chi connectivity index (χ1v) is 3.41. The smallest absolute Gasteiger partial charge is 0.283 e. The van der Waals surface area contributed by atoms with E-state index in [9.17, 15) is 18.0 Å². The molecule has 0 spiro atoms. The third-order valence-corrected chi connectivity index (χ3v) is 2.02. The van der Waals surface area contributed by atoms with Gasteiger partial charge in [0.2, 0.25) is 0 Å². The molecule has 0 aromatic carbocycles. The molecule has 0 unspecified atom stereocenters. The maximum Gasteiger partial charge on any atom is 0.403 e. The molecule has 2 N–H and O–H groups in total. The zero-order valence-corrected chi connectivity index (χ0v) is 6.48. The summed E-state index contributed by atoms with van der Waals surface area (Å²) in [5, 5.41) is 0.500. The first-order chi connectivity index (χ1) is 5.31. The molecular formula is C6H9F3N2O. The lowest BCUT2D eigenvalue weighted by molar-refractivity contribution is -0.197. The molecule has 0 bridgehead atoms. The van der Waals surface area contributed by atoms with Gasteiger partial charge in [0.15, 0.2) is 0 Å². The summed E-state index contributed by atoms with van der Waals surface area (Å²) in [5.41, 5.74) is -2.17. The summed E-state index contributed by atoms with van der Waals surface area (Å²) in [6, 6.07) is 0. The maximum atomic E-state index is 12.2. The van der Waals surface area contributed by atoms with Crippen LogP contribution in [0.2, 0.25) is 0 Å².